The number of benzene rings is 1. The number of guanidine groups is 1. The maximum absolute atomic E-state index is 5.99. The van der Waals surface area contributed by atoms with E-state index in [4.69, 9.17) is 20.5 Å². The molecule has 1 aromatic carbocycles. The summed E-state index contributed by atoms with van der Waals surface area (Å²) in [5.74, 6) is 2.74. The van der Waals surface area contributed by atoms with E-state index in [2.05, 4.69) is 25.8 Å². The minimum Gasteiger partial charge on any atom is -0.469 e. The highest BCUT2D eigenvalue weighted by Crippen LogP contribution is 2.19. The lowest BCUT2D eigenvalue weighted by molar-refractivity contribution is 0.378. The standard InChI is InChI=1S/C18H20ClN5O2.HI/c1-20-18(21-9-7-15-6-3-11-25-15)22-10-8-16-23-17(24-26-16)13-4-2-5-14(19)12-13;/h2-6,11-12H,7-10H2,1H3,(H2,20,21,22);1H. The van der Waals surface area contributed by atoms with E-state index in [0.717, 1.165) is 24.3 Å². The highest BCUT2D eigenvalue weighted by molar-refractivity contribution is 14.0. The van der Waals surface area contributed by atoms with Crippen molar-refractivity contribution in [3.8, 4) is 11.4 Å². The number of nitrogens with one attached hydrogen (secondary N) is 2. The first-order chi connectivity index (χ1) is 12.7. The van der Waals surface area contributed by atoms with E-state index >= 15 is 0 Å². The van der Waals surface area contributed by atoms with Gasteiger partial charge in [-0.25, -0.2) is 0 Å². The highest BCUT2D eigenvalue weighted by atomic mass is 127. The van der Waals surface area contributed by atoms with Crippen molar-refractivity contribution in [2.45, 2.75) is 12.8 Å². The first-order valence-electron chi connectivity index (χ1n) is 8.30. The summed E-state index contributed by atoms with van der Waals surface area (Å²) >= 11 is 5.99. The second kappa shape index (κ2) is 10.9. The molecule has 2 N–H and O–H groups in total. The molecule has 0 atom stereocenters. The van der Waals surface area contributed by atoms with Gasteiger partial charge in [0.2, 0.25) is 11.7 Å². The molecule has 2 aromatic heterocycles. The number of hydrogen-bond acceptors (Lipinski definition) is 5. The molecular formula is C18H21ClIN5O2. The zero-order chi connectivity index (χ0) is 18.2. The van der Waals surface area contributed by atoms with E-state index in [0.29, 0.717) is 35.7 Å². The maximum Gasteiger partial charge on any atom is 0.228 e. The van der Waals surface area contributed by atoms with Gasteiger partial charge in [0.05, 0.1) is 6.26 Å². The monoisotopic (exact) mass is 501 g/mol. The second-order valence-corrected chi connectivity index (χ2v) is 5.96. The van der Waals surface area contributed by atoms with Crippen molar-refractivity contribution in [3.05, 3.63) is 59.3 Å². The van der Waals surface area contributed by atoms with Gasteiger partial charge in [-0.2, -0.15) is 4.98 Å². The van der Waals surface area contributed by atoms with Crippen LogP contribution in [-0.2, 0) is 12.8 Å². The van der Waals surface area contributed by atoms with E-state index in [-0.39, 0.29) is 24.0 Å². The first kappa shape index (κ1) is 21.2. The molecule has 2 heterocycles. The van der Waals surface area contributed by atoms with Crippen molar-refractivity contribution in [1.82, 2.24) is 20.8 Å². The molecule has 0 bridgehead atoms. The van der Waals surface area contributed by atoms with Crippen LogP contribution in [0.4, 0.5) is 0 Å². The molecule has 3 aromatic rings. The maximum atomic E-state index is 5.99. The normalized spacial score (nSPS) is 11.1. The van der Waals surface area contributed by atoms with Crippen molar-refractivity contribution in [3.63, 3.8) is 0 Å². The number of aliphatic imine (C=N–C) groups is 1. The van der Waals surface area contributed by atoms with Crippen LogP contribution >= 0.6 is 35.6 Å². The minimum absolute atomic E-state index is 0. The average molecular weight is 502 g/mol. The van der Waals surface area contributed by atoms with Gasteiger partial charge < -0.3 is 19.6 Å². The lowest BCUT2D eigenvalue weighted by atomic mass is 10.2. The lowest BCUT2D eigenvalue weighted by Gasteiger charge is -2.10. The number of halogens is 2. The molecule has 0 fully saturated rings. The molecule has 0 aliphatic rings. The summed E-state index contributed by atoms with van der Waals surface area (Å²) in [6.45, 7) is 1.35. The number of aromatic nitrogens is 2. The van der Waals surface area contributed by atoms with E-state index in [1.54, 1.807) is 25.4 Å². The molecule has 0 unspecified atom stereocenters. The zero-order valence-corrected chi connectivity index (χ0v) is 17.9. The van der Waals surface area contributed by atoms with Gasteiger partial charge >= 0.3 is 0 Å². The van der Waals surface area contributed by atoms with Gasteiger partial charge in [-0.05, 0) is 24.3 Å². The first-order valence-corrected chi connectivity index (χ1v) is 8.68. The number of hydrogen-bond donors (Lipinski definition) is 2. The summed E-state index contributed by atoms with van der Waals surface area (Å²) in [5.41, 5.74) is 0.830. The number of rotatable bonds is 7. The predicted molar refractivity (Wildman–Crippen MR) is 116 cm³/mol. The molecule has 0 aliphatic heterocycles. The van der Waals surface area contributed by atoms with E-state index in [1.807, 2.05) is 24.3 Å². The Bertz CT molecular complexity index is 851. The summed E-state index contributed by atoms with van der Waals surface area (Å²) in [6, 6.07) is 11.2. The van der Waals surface area contributed by atoms with Crippen LogP contribution in [0.25, 0.3) is 11.4 Å². The van der Waals surface area contributed by atoms with Gasteiger partial charge in [0.15, 0.2) is 5.96 Å². The molecule has 0 amide bonds. The Kier molecular flexibility index (Phi) is 8.59. The van der Waals surface area contributed by atoms with Crippen molar-refractivity contribution in [2.24, 2.45) is 4.99 Å². The van der Waals surface area contributed by atoms with E-state index in [1.165, 1.54) is 0 Å². The Balaban J connectivity index is 0.00000261. The van der Waals surface area contributed by atoms with Crippen molar-refractivity contribution in [1.29, 1.82) is 0 Å². The van der Waals surface area contributed by atoms with Gasteiger partial charge in [0.1, 0.15) is 5.76 Å². The molecule has 144 valence electrons. The zero-order valence-electron chi connectivity index (χ0n) is 14.8. The molecule has 0 saturated carbocycles. The van der Waals surface area contributed by atoms with Gasteiger partial charge in [-0.3, -0.25) is 4.99 Å². The number of furan rings is 1. The van der Waals surface area contributed by atoms with Crippen LogP contribution in [0.1, 0.15) is 11.7 Å². The smallest absolute Gasteiger partial charge is 0.228 e. The number of nitrogens with zero attached hydrogens (tertiary/aromatic N) is 3. The van der Waals surface area contributed by atoms with Crippen LogP contribution in [0.3, 0.4) is 0 Å². The fraction of sp³-hybridized carbons (Fsp3) is 0.278. The summed E-state index contributed by atoms with van der Waals surface area (Å²) in [5, 5.41) is 11.1. The summed E-state index contributed by atoms with van der Waals surface area (Å²) in [6.07, 6.45) is 3.05. The molecule has 0 aliphatic carbocycles. The molecule has 7 nitrogen and oxygen atoms in total. The molecule has 0 spiro atoms. The van der Waals surface area contributed by atoms with Gasteiger partial charge in [-0.1, -0.05) is 28.9 Å². The third kappa shape index (κ3) is 6.55. The van der Waals surface area contributed by atoms with Crippen LogP contribution in [0.5, 0.6) is 0 Å². The van der Waals surface area contributed by atoms with Crippen LogP contribution in [0, 0.1) is 0 Å². The second-order valence-electron chi connectivity index (χ2n) is 5.53. The Morgan fingerprint density at radius 2 is 1.96 bits per heavy atom. The van der Waals surface area contributed by atoms with Crippen LogP contribution < -0.4 is 10.6 Å². The van der Waals surface area contributed by atoms with Gasteiger partial charge in [-0.15, -0.1) is 24.0 Å². The summed E-state index contributed by atoms with van der Waals surface area (Å²) in [4.78, 5) is 8.57. The molecule has 3 rings (SSSR count). The third-order valence-corrected chi connectivity index (χ3v) is 3.88. The minimum atomic E-state index is 0. The molecule has 9 heteroatoms. The van der Waals surface area contributed by atoms with Crippen molar-refractivity contribution >= 4 is 41.5 Å². The molecule has 0 saturated heterocycles. The highest BCUT2D eigenvalue weighted by Gasteiger charge is 2.09. The van der Waals surface area contributed by atoms with Crippen LogP contribution in [0.2, 0.25) is 5.02 Å². The molecule has 27 heavy (non-hydrogen) atoms. The Hall–Kier alpha value is -2.07. The predicted octanol–water partition coefficient (Wildman–Crippen LogP) is 3.55. The quantitative estimate of drug-likeness (QED) is 0.292. The molecule has 0 radical (unpaired) electrons. The summed E-state index contributed by atoms with van der Waals surface area (Å²) < 4.78 is 10.6. The van der Waals surface area contributed by atoms with Crippen LogP contribution in [0.15, 0.2) is 56.6 Å². The fourth-order valence-electron chi connectivity index (χ4n) is 2.37. The van der Waals surface area contributed by atoms with E-state index < -0.39 is 0 Å². The Morgan fingerprint density at radius 3 is 2.67 bits per heavy atom. The van der Waals surface area contributed by atoms with Crippen LogP contribution in [-0.4, -0.2) is 36.2 Å². The van der Waals surface area contributed by atoms with E-state index in [9.17, 15) is 0 Å². The lowest BCUT2D eigenvalue weighted by Crippen LogP contribution is -2.39. The van der Waals surface area contributed by atoms with Crippen molar-refractivity contribution in [2.75, 3.05) is 20.1 Å². The average Bonchev–Trinajstić information content (AvgIpc) is 3.32. The largest absolute Gasteiger partial charge is 0.469 e. The SMILES string of the molecule is CN=C(NCCc1ccco1)NCCc1nc(-c2cccc(Cl)c2)no1.I. The topological polar surface area (TPSA) is 88.5 Å². The third-order valence-electron chi connectivity index (χ3n) is 3.65. The molecular weight excluding hydrogens is 481 g/mol. The fourth-order valence-corrected chi connectivity index (χ4v) is 2.56. The Morgan fingerprint density at radius 1 is 1.15 bits per heavy atom. The van der Waals surface area contributed by atoms with Crippen molar-refractivity contribution < 1.29 is 8.94 Å². The Labute approximate surface area is 179 Å². The summed E-state index contributed by atoms with van der Waals surface area (Å²) in [7, 11) is 1.73. The van der Waals surface area contributed by atoms with Gasteiger partial charge in [0.25, 0.3) is 0 Å². The van der Waals surface area contributed by atoms with Gasteiger partial charge in [0, 0.05) is 43.6 Å².